The normalized spacial score (nSPS) is 11.7. The molecule has 21 heavy (non-hydrogen) atoms. The third kappa shape index (κ3) is 6.82. The van der Waals surface area contributed by atoms with Crippen LogP contribution in [-0.4, -0.2) is 40.7 Å². The second-order valence-electron chi connectivity index (χ2n) is 5.45. The van der Waals surface area contributed by atoms with E-state index in [1.165, 1.54) is 6.26 Å². The number of hydrogen-bond acceptors (Lipinski definition) is 5. The van der Waals surface area contributed by atoms with Gasteiger partial charge in [0.2, 0.25) is 0 Å². The Hall–Kier alpha value is -1.27. The fraction of sp³-hybridized carbons (Fsp3) is 0.600. The summed E-state index contributed by atoms with van der Waals surface area (Å²) < 4.78 is 33.3. The first-order chi connectivity index (χ1) is 9.83. The zero-order chi connectivity index (χ0) is 15.9. The quantitative estimate of drug-likeness (QED) is 0.753. The van der Waals surface area contributed by atoms with Crippen LogP contribution in [-0.2, 0) is 16.4 Å². The Balaban J connectivity index is 2.77. The highest BCUT2D eigenvalue weighted by atomic mass is 32.2. The Labute approximate surface area is 127 Å². The number of nitrogens with one attached hydrogen (secondary N) is 1. The predicted molar refractivity (Wildman–Crippen MR) is 84.7 cm³/mol. The molecule has 0 bridgehead atoms. The molecule has 0 atom stereocenters. The van der Waals surface area contributed by atoms with E-state index in [-0.39, 0.29) is 12.4 Å². The smallest absolute Gasteiger partial charge is 0.165 e. The minimum atomic E-state index is -3.04. The molecule has 1 aromatic rings. The van der Waals surface area contributed by atoms with Gasteiger partial charge in [-0.15, -0.1) is 0 Å². The topological polar surface area (TPSA) is 64.6 Å². The highest BCUT2D eigenvalue weighted by Crippen LogP contribution is 2.31. The lowest BCUT2D eigenvalue weighted by Crippen LogP contribution is -2.20. The highest BCUT2D eigenvalue weighted by Gasteiger charge is 2.12. The van der Waals surface area contributed by atoms with Gasteiger partial charge in [-0.2, -0.15) is 0 Å². The number of hydrogen-bond donors (Lipinski definition) is 1. The number of rotatable bonds is 9. The molecule has 0 saturated heterocycles. The summed E-state index contributed by atoms with van der Waals surface area (Å²) in [7, 11) is -1.46. The van der Waals surface area contributed by atoms with Gasteiger partial charge in [-0.05, 0) is 18.5 Å². The first-order valence-corrected chi connectivity index (χ1v) is 9.06. The molecule has 0 amide bonds. The van der Waals surface area contributed by atoms with Crippen molar-refractivity contribution in [2.45, 2.75) is 20.4 Å². The molecule has 0 aromatic heterocycles. The minimum Gasteiger partial charge on any atom is -0.493 e. The van der Waals surface area contributed by atoms with Crippen LogP contribution in [0, 0.1) is 5.92 Å². The summed E-state index contributed by atoms with van der Waals surface area (Å²) in [5, 5.41) is 3.35. The van der Waals surface area contributed by atoms with Crippen molar-refractivity contribution in [1.29, 1.82) is 0 Å². The number of ether oxygens (including phenoxy) is 2. The van der Waals surface area contributed by atoms with Gasteiger partial charge in [-0.3, -0.25) is 0 Å². The van der Waals surface area contributed by atoms with Gasteiger partial charge in [0.05, 0.1) is 12.9 Å². The molecule has 0 aliphatic heterocycles. The molecule has 1 N–H and O–H groups in total. The number of benzene rings is 1. The van der Waals surface area contributed by atoms with Crippen LogP contribution < -0.4 is 14.8 Å². The van der Waals surface area contributed by atoms with Crippen molar-refractivity contribution in [3.63, 3.8) is 0 Å². The van der Waals surface area contributed by atoms with E-state index in [1.54, 1.807) is 7.11 Å². The van der Waals surface area contributed by atoms with Crippen LogP contribution in [0.2, 0.25) is 0 Å². The van der Waals surface area contributed by atoms with Crippen molar-refractivity contribution in [2.75, 3.05) is 32.3 Å². The predicted octanol–water partition coefficient (Wildman–Crippen LogP) is 1.86. The first-order valence-electron chi connectivity index (χ1n) is 7.00. The summed E-state index contributed by atoms with van der Waals surface area (Å²) in [5.74, 6) is 1.78. The zero-order valence-electron chi connectivity index (χ0n) is 13.2. The molecule has 0 heterocycles. The third-order valence-electron chi connectivity index (χ3n) is 2.85. The van der Waals surface area contributed by atoms with E-state index in [9.17, 15) is 8.42 Å². The van der Waals surface area contributed by atoms with Gasteiger partial charge >= 0.3 is 0 Å². The van der Waals surface area contributed by atoms with Gasteiger partial charge in [0, 0.05) is 18.4 Å². The summed E-state index contributed by atoms with van der Waals surface area (Å²) in [4.78, 5) is 0. The van der Waals surface area contributed by atoms with Crippen molar-refractivity contribution in [3.05, 3.63) is 23.8 Å². The van der Waals surface area contributed by atoms with Crippen molar-refractivity contribution in [1.82, 2.24) is 5.32 Å². The van der Waals surface area contributed by atoms with Gasteiger partial charge in [0.1, 0.15) is 6.61 Å². The van der Waals surface area contributed by atoms with Crippen molar-refractivity contribution < 1.29 is 17.9 Å². The lowest BCUT2D eigenvalue weighted by atomic mass is 10.1. The maximum absolute atomic E-state index is 11.2. The second-order valence-corrected chi connectivity index (χ2v) is 7.71. The molecule has 1 aromatic carbocycles. The van der Waals surface area contributed by atoms with Crippen molar-refractivity contribution >= 4 is 9.84 Å². The van der Waals surface area contributed by atoms with Gasteiger partial charge in [-0.25, -0.2) is 8.42 Å². The summed E-state index contributed by atoms with van der Waals surface area (Å²) in [6, 6.07) is 5.65. The summed E-state index contributed by atoms with van der Waals surface area (Å²) in [6.45, 7) is 5.96. The number of methoxy groups -OCH3 is 1. The number of para-hydroxylation sites is 1. The molecule has 0 radical (unpaired) electrons. The van der Waals surface area contributed by atoms with Crippen LogP contribution in [0.25, 0.3) is 0 Å². The standard InChI is InChI=1S/C15H25NO4S/c1-12(2)10-16-11-13-6-5-7-14(19-3)15(13)20-8-9-21(4,17)18/h5-7,12,16H,8-11H2,1-4H3. The minimum absolute atomic E-state index is 0.0100. The van der Waals surface area contributed by atoms with E-state index in [2.05, 4.69) is 19.2 Å². The molecule has 0 fully saturated rings. The van der Waals surface area contributed by atoms with Crippen LogP contribution in [0.1, 0.15) is 19.4 Å². The molecule has 0 aliphatic carbocycles. The van der Waals surface area contributed by atoms with Crippen molar-refractivity contribution in [3.8, 4) is 11.5 Å². The van der Waals surface area contributed by atoms with E-state index >= 15 is 0 Å². The molecule has 5 nitrogen and oxygen atoms in total. The molecular formula is C15H25NO4S. The highest BCUT2D eigenvalue weighted by molar-refractivity contribution is 7.90. The molecule has 6 heteroatoms. The first kappa shape index (κ1) is 17.8. The Bertz CT molecular complexity index is 541. The summed E-state index contributed by atoms with van der Waals surface area (Å²) in [6.07, 6.45) is 1.20. The summed E-state index contributed by atoms with van der Waals surface area (Å²) in [5.41, 5.74) is 0.962. The molecule has 0 aliphatic rings. The molecule has 0 saturated carbocycles. The van der Waals surface area contributed by atoms with E-state index in [0.29, 0.717) is 24.0 Å². The van der Waals surface area contributed by atoms with E-state index < -0.39 is 9.84 Å². The maximum Gasteiger partial charge on any atom is 0.165 e. The van der Waals surface area contributed by atoms with Crippen LogP contribution in [0.5, 0.6) is 11.5 Å². The van der Waals surface area contributed by atoms with Crippen LogP contribution in [0.15, 0.2) is 18.2 Å². The molecule has 120 valence electrons. The van der Waals surface area contributed by atoms with Crippen LogP contribution >= 0.6 is 0 Å². The van der Waals surface area contributed by atoms with E-state index in [1.807, 2.05) is 18.2 Å². The molecule has 0 unspecified atom stereocenters. The molecule has 1 rings (SSSR count). The van der Waals surface area contributed by atoms with E-state index in [0.717, 1.165) is 12.1 Å². The molecular weight excluding hydrogens is 290 g/mol. The van der Waals surface area contributed by atoms with Crippen molar-refractivity contribution in [2.24, 2.45) is 5.92 Å². The SMILES string of the molecule is COc1cccc(CNCC(C)C)c1OCCS(C)(=O)=O. The fourth-order valence-corrected chi connectivity index (χ4v) is 2.20. The Kier molecular flexibility index (Phi) is 6.98. The van der Waals surface area contributed by atoms with Gasteiger partial charge in [-0.1, -0.05) is 26.0 Å². The lowest BCUT2D eigenvalue weighted by molar-refractivity contribution is 0.307. The monoisotopic (exact) mass is 315 g/mol. The van der Waals surface area contributed by atoms with Gasteiger partial charge < -0.3 is 14.8 Å². The van der Waals surface area contributed by atoms with Gasteiger partial charge in [0.15, 0.2) is 21.3 Å². The third-order valence-corrected chi connectivity index (χ3v) is 3.76. The Morgan fingerprint density at radius 1 is 1.29 bits per heavy atom. The fourth-order valence-electron chi connectivity index (χ4n) is 1.82. The second kappa shape index (κ2) is 8.24. The Morgan fingerprint density at radius 3 is 2.57 bits per heavy atom. The van der Waals surface area contributed by atoms with Crippen LogP contribution in [0.4, 0.5) is 0 Å². The zero-order valence-corrected chi connectivity index (χ0v) is 14.0. The molecule has 0 spiro atoms. The maximum atomic E-state index is 11.2. The van der Waals surface area contributed by atoms with Crippen LogP contribution in [0.3, 0.4) is 0 Å². The lowest BCUT2D eigenvalue weighted by Gasteiger charge is -2.16. The average Bonchev–Trinajstić information content (AvgIpc) is 2.38. The Morgan fingerprint density at radius 2 is 2.00 bits per heavy atom. The van der Waals surface area contributed by atoms with Gasteiger partial charge in [0.25, 0.3) is 0 Å². The number of sulfone groups is 1. The average molecular weight is 315 g/mol. The van der Waals surface area contributed by atoms with E-state index in [4.69, 9.17) is 9.47 Å². The largest absolute Gasteiger partial charge is 0.493 e. The summed E-state index contributed by atoms with van der Waals surface area (Å²) >= 11 is 0.